The summed E-state index contributed by atoms with van der Waals surface area (Å²) in [5.74, 6) is 0. The lowest BCUT2D eigenvalue weighted by Gasteiger charge is -2.20. The number of nitrogens with zero attached hydrogens (tertiary/aromatic N) is 4. The highest BCUT2D eigenvalue weighted by atomic mass is 35.5. The molecule has 1 aliphatic carbocycles. The third-order valence-electron chi connectivity index (χ3n) is 5.30. The summed E-state index contributed by atoms with van der Waals surface area (Å²) in [6.45, 7) is 4.14. The Hall–Kier alpha value is -4.14. The molecule has 1 heterocycles. The molecule has 0 spiro atoms. The zero-order chi connectivity index (χ0) is 26.5. The van der Waals surface area contributed by atoms with E-state index >= 15 is 0 Å². The Morgan fingerprint density at radius 3 is 2.19 bits per heavy atom. The van der Waals surface area contributed by atoms with Crippen LogP contribution in [0.15, 0.2) is 89.9 Å². The molecular formula is C27H23Cl2N5O3. The van der Waals surface area contributed by atoms with Crippen molar-refractivity contribution < 1.29 is 10.3 Å². The Labute approximate surface area is 222 Å². The molecule has 10 heteroatoms. The standard InChI is InChI=1S/C27H22Cl2N4.HNO3/c1-17(2)30-24-16-27-25(15-23(24)31-20-11-7-18(28)8-12-20)32-22-5-3-4-6-26(22)33(27)21-13-9-19(29)10-14-21;2-1(3)4/h3-17,31H,1-2H3;(H,2,3,4). The van der Waals surface area contributed by atoms with Gasteiger partial charge in [0.1, 0.15) is 0 Å². The average Bonchev–Trinajstić information content (AvgIpc) is 2.84. The summed E-state index contributed by atoms with van der Waals surface area (Å²) in [4.78, 5) is 18.2. The van der Waals surface area contributed by atoms with Crippen molar-refractivity contribution in [2.45, 2.75) is 19.9 Å². The molecule has 2 N–H and O–H groups in total. The largest absolute Gasteiger partial charge is 0.354 e. The third-order valence-corrected chi connectivity index (χ3v) is 5.81. The van der Waals surface area contributed by atoms with Gasteiger partial charge >= 0.3 is 0 Å². The molecule has 0 fully saturated rings. The lowest BCUT2D eigenvalue weighted by molar-refractivity contribution is -0.742. The van der Waals surface area contributed by atoms with Crippen LogP contribution in [-0.2, 0) is 0 Å². The number of fused-ring (bicyclic) bond motifs is 2. The number of nitrogens with one attached hydrogen (secondary N) is 1. The van der Waals surface area contributed by atoms with Gasteiger partial charge in [-0.3, -0.25) is 4.99 Å². The molecule has 2 aliphatic rings. The fraction of sp³-hybridized carbons (Fsp3) is 0.111. The Morgan fingerprint density at radius 1 is 0.973 bits per heavy atom. The molecule has 5 rings (SSSR count). The summed E-state index contributed by atoms with van der Waals surface area (Å²) in [7, 11) is 0. The molecule has 0 unspecified atom stereocenters. The molecule has 3 aromatic carbocycles. The first-order chi connectivity index (χ1) is 17.7. The summed E-state index contributed by atoms with van der Waals surface area (Å²) in [5, 5.41) is 19.4. The number of anilines is 2. The molecule has 3 aromatic rings. The molecule has 0 aromatic heterocycles. The molecule has 0 radical (unpaired) electrons. The van der Waals surface area contributed by atoms with Crippen LogP contribution in [0.3, 0.4) is 0 Å². The van der Waals surface area contributed by atoms with E-state index in [2.05, 4.69) is 41.9 Å². The molecule has 0 bridgehead atoms. The van der Waals surface area contributed by atoms with Gasteiger partial charge in [0.2, 0.25) is 0 Å². The summed E-state index contributed by atoms with van der Waals surface area (Å²) in [6.07, 6.45) is 0. The van der Waals surface area contributed by atoms with Crippen LogP contribution in [0, 0.1) is 10.1 Å². The molecule has 37 heavy (non-hydrogen) atoms. The van der Waals surface area contributed by atoms with Crippen molar-refractivity contribution in [3.05, 3.63) is 110 Å². The van der Waals surface area contributed by atoms with E-state index in [4.69, 9.17) is 48.5 Å². The van der Waals surface area contributed by atoms with Gasteiger partial charge in [-0.1, -0.05) is 35.3 Å². The maximum absolute atomic E-state index is 8.36. The first-order valence-corrected chi connectivity index (χ1v) is 12.1. The predicted octanol–water partition coefficient (Wildman–Crippen LogP) is 7.14. The number of hydrogen-bond acceptors (Lipinski definition) is 5. The normalized spacial score (nSPS) is 11.4. The van der Waals surface area contributed by atoms with Crippen molar-refractivity contribution in [3.63, 3.8) is 0 Å². The Morgan fingerprint density at radius 2 is 1.57 bits per heavy atom. The van der Waals surface area contributed by atoms with Crippen molar-refractivity contribution in [2.75, 3.05) is 5.32 Å². The van der Waals surface area contributed by atoms with E-state index in [1.54, 1.807) is 0 Å². The molecule has 1 aliphatic heterocycles. The molecule has 0 atom stereocenters. The first-order valence-electron chi connectivity index (χ1n) is 11.3. The monoisotopic (exact) mass is 535 g/mol. The van der Waals surface area contributed by atoms with Gasteiger partial charge in [0.05, 0.1) is 33.5 Å². The van der Waals surface area contributed by atoms with Crippen molar-refractivity contribution in [2.24, 2.45) is 4.99 Å². The second kappa shape index (κ2) is 11.3. The van der Waals surface area contributed by atoms with Gasteiger partial charge in [0, 0.05) is 27.5 Å². The quantitative estimate of drug-likeness (QED) is 0.144. The average molecular weight is 536 g/mol. The van der Waals surface area contributed by atoms with Gasteiger partial charge in [0.25, 0.3) is 5.09 Å². The van der Waals surface area contributed by atoms with Crippen molar-refractivity contribution >= 4 is 45.6 Å². The van der Waals surface area contributed by atoms with E-state index in [0.29, 0.717) is 10.0 Å². The minimum Gasteiger partial charge on any atom is -0.354 e. The SMILES string of the molecule is CC(C)N=c1cc2n(-c3ccc(Cl)cc3)c3ccccc3nc-2cc1Nc1ccc(Cl)cc1.O=[N+]([O-])O. The zero-order valence-corrected chi connectivity index (χ0v) is 21.5. The molecule has 0 amide bonds. The predicted molar refractivity (Wildman–Crippen MR) is 147 cm³/mol. The summed E-state index contributed by atoms with van der Waals surface area (Å²) < 4.78 is 2.21. The van der Waals surface area contributed by atoms with Crippen LogP contribution < -0.4 is 10.7 Å². The second-order valence-electron chi connectivity index (χ2n) is 8.36. The van der Waals surface area contributed by atoms with Crippen molar-refractivity contribution in [1.29, 1.82) is 0 Å². The molecule has 188 valence electrons. The van der Waals surface area contributed by atoms with Gasteiger partial charge in [0.15, 0.2) is 0 Å². The van der Waals surface area contributed by atoms with E-state index in [-0.39, 0.29) is 6.04 Å². The highest BCUT2D eigenvalue weighted by Gasteiger charge is 2.16. The Bertz CT molecular complexity index is 1580. The number of rotatable bonds is 4. The summed E-state index contributed by atoms with van der Waals surface area (Å²) >= 11 is 12.2. The van der Waals surface area contributed by atoms with Gasteiger partial charge < -0.3 is 15.1 Å². The first kappa shape index (κ1) is 25.9. The van der Waals surface area contributed by atoms with Crippen molar-refractivity contribution in [3.8, 4) is 17.1 Å². The third kappa shape index (κ3) is 6.35. The lowest BCUT2D eigenvalue weighted by Crippen LogP contribution is -2.16. The molecule has 0 saturated heterocycles. The highest BCUT2D eigenvalue weighted by Crippen LogP contribution is 2.31. The number of aromatic nitrogens is 2. The zero-order valence-electron chi connectivity index (χ0n) is 20.0. The van der Waals surface area contributed by atoms with Crippen LogP contribution in [0.25, 0.3) is 28.1 Å². The maximum atomic E-state index is 8.36. The van der Waals surface area contributed by atoms with Crippen LogP contribution in [-0.4, -0.2) is 25.9 Å². The highest BCUT2D eigenvalue weighted by molar-refractivity contribution is 6.30. The number of halogens is 2. The van der Waals surface area contributed by atoms with Crippen LogP contribution >= 0.6 is 23.2 Å². The fourth-order valence-corrected chi connectivity index (χ4v) is 4.14. The van der Waals surface area contributed by atoms with Gasteiger partial charge in [-0.2, -0.15) is 0 Å². The minimum absolute atomic E-state index is 0.130. The van der Waals surface area contributed by atoms with Crippen LogP contribution in [0.1, 0.15) is 13.8 Å². The lowest BCUT2D eigenvalue weighted by atomic mass is 10.1. The molecule has 0 saturated carbocycles. The topological polar surface area (TPSA) is 106 Å². The van der Waals surface area contributed by atoms with E-state index in [1.807, 2.05) is 66.7 Å². The van der Waals surface area contributed by atoms with E-state index in [0.717, 1.165) is 44.8 Å². The van der Waals surface area contributed by atoms with E-state index < -0.39 is 5.09 Å². The number of benzene rings is 4. The fourth-order valence-electron chi connectivity index (χ4n) is 3.88. The summed E-state index contributed by atoms with van der Waals surface area (Å²) in [6, 6.07) is 27.9. The molecule has 8 nitrogen and oxygen atoms in total. The molecular weight excluding hydrogens is 513 g/mol. The number of para-hydroxylation sites is 2. The van der Waals surface area contributed by atoms with E-state index in [9.17, 15) is 0 Å². The Kier molecular flexibility index (Phi) is 7.91. The van der Waals surface area contributed by atoms with Gasteiger partial charge in [-0.25, -0.2) is 4.98 Å². The Balaban J connectivity index is 0.000000747. The van der Waals surface area contributed by atoms with Gasteiger partial charge in [-0.15, -0.1) is 10.1 Å². The van der Waals surface area contributed by atoms with Crippen LogP contribution in [0.5, 0.6) is 0 Å². The van der Waals surface area contributed by atoms with Crippen LogP contribution in [0.4, 0.5) is 11.4 Å². The number of hydrogen-bond donors (Lipinski definition) is 2. The second-order valence-corrected chi connectivity index (χ2v) is 9.24. The maximum Gasteiger partial charge on any atom is 0.291 e. The minimum atomic E-state index is -1.50. The summed E-state index contributed by atoms with van der Waals surface area (Å²) in [5.41, 5.74) is 6.60. The smallest absolute Gasteiger partial charge is 0.291 e. The van der Waals surface area contributed by atoms with Gasteiger partial charge in [-0.05, 0) is 86.6 Å². The van der Waals surface area contributed by atoms with Crippen molar-refractivity contribution in [1.82, 2.24) is 9.55 Å². The van der Waals surface area contributed by atoms with Crippen LogP contribution in [0.2, 0.25) is 10.0 Å². The van der Waals surface area contributed by atoms with E-state index in [1.165, 1.54) is 0 Å².